The van der Waals surface area contributed by atoms with Gasteiger partial charge in [-0.1, -0.05) is 36.4 Å². The Labute approximate surface area is 337 Å². The highest BCUT2D eigenvalue weighted by molar-refractivity contribution is 6.15. The van der Waals surface area contributed by atoms with E-state index in [-0.39, 0.29) is 29.7 Å². The monoisotopic (exact) mass is 798 g/mol. The summed E-state index contributed by atoms with van der Waals surface area (Å²) in [5, 5.41) is 38.2. The molecule has 302 valence electrons. The Bertz CT molecular complexity index is 2200. The van der Waals surface area contributed by atoms with E-state index < -0.39 is 11.7 Å². The van der Waals surface area contributed by atoms with Crippen LogP contribution in [0.15, 0.2) is 58.1 Å². The van der Waals surface area contributed by atoms with Gasteiger partial charge in [0.1, 0.15) is 17.0 Å². The molecule has 0 spiro atoms. The van der Waals surface area contributed by atoms with Crippen molar-refractivity contribution < 1.29 is 9.53 Å². The number of alkyl halides is 1. The number of nitriles is 2. The minimum absolute atomic E-state index is 0.0665. The van der Waals surface area contributed by atoms with Gasteiger partial charge in [0.05, 0.1) is 36.4 Å². The molecule has 2 aliphatic heterocycles. The van der Waals surface area contributed by atoms with Gasteiger partial charge in [-0.2, -0.15) is 10.5 Å². The van der Waals surface area contributed by atoms with Gasteiger partial charge in [-0.15, -0.1) is 32.0 Å². The lowest BCUT2D eigenvalue weighted by atomic mass is 10.1. The quantitative estimate of drug-likeness (QED) is 0.253. The number of amides is 1. The van der Waals surface area contributed by atoms with Crippen LogP contribution in [-0.2, 0) is 17.8 Å². The predicted molar refractivity (Wildman–Crippen MR) is 218 cm³/mol. The number of alkyl carbamates (subject to hydrolysis) is 1. The highest BCUT2D eigenvalue weighted by Gasteiger charge is 2.28. The molecule has 1 amide bonds. The summed E-state index contributed by atoms with van der Waals surface area (Å²) in [4.78, 5) is 41.7. The first kappa shape index (κ1) is 43.9. The largest absolute Gasteiger partial charge is 0.444 e. The number of halogens is 1. The van der Waals surface area contributed by atoms with E-state index in [0.717, 1.165) is 43.4 Å². The third kappa shape index (κ3) is 11.8. The summed E-state index contributed by atoms with van der Waals surface area (Å²) in [5.41, 5.74) is 8.27. The van der Waals surface area contributed by atoms with Crippen LogP contribution < -0.4 is 32.0 Å². The molecule has 6 rings (SSSR count). The molecular formula is C40H51ClN12O4. The molecule has 17 heteroatoms. The number of piperidine rings is 2. The van der Waals surface area contributed by atoms with E-state index in [0.29, 0.717) is 60.6 Å². The van der Waals surface area contributed by atoms with Gasteiger partial charge >= 0.3 is 6.09 Å². The van der Waals surface area contributed by atoms with Gasteiger partial charge in [0.25, 0.3) is 11.1 Å². The number of nitrogens with one attached hydrogen (secondary N) is 1. The average molecular weight is 799 g/mol. The Kier molecular flexibility index (Phi) is 15.7. The molecule has 2 saturated heterocycles. The maximum absolute atomic E-state index is 12.9. The zero-order chi connectivity index (χ0) is 41.7. The second kappa shape index (κ2) is 20.4. The number of nitrogens with zero attached hydrogens (tertiary/aromatic N) is 10. The van der Waals surface area contributed by atoms with Gasteiger partial charge < -0.3 is 25.6 Å². The third-order valence-corrected chi connectivity index (χ3v) is 9.27. The van der Waals surface area contributed by atoms with Crippen molar-refractivity contribution >= 4 is 29.6 Å². The van der Waals surface area contributed by atoms with Gasteiger partial charge in [-0.05, 0) is 83.6 Å². The van der Waals surface area contributed by atoms with E-state index in [1.54, 1.807) is 41.2 Å². The minimum Gasteiger partial charge on any atom is -0.444 e. The molecule has 2 aromatic carbocycles. The van der Waals surface area contributed by atoms with Crippen molar-refractivity contribution in [1.29, 1.82) is 10.5 Å². The fraction of sp³-hybridized carbons (Fsp3) is 0.475. The maximum Gasteiger partial charge on any atom is 0.407 e. The molecule has 0 saturated carbocycles. The summed E-state index contributed by atoms with van der Waals surface area (Å²) < 4.78 is 8.51. The second-order valence-electron chi connectivity index (χ2n) is 14.8. The Morgan fingerprint density at radius 3 is 1.72 bits per heavy atom. The number of aryl methyl sites for hydroxylation is 2. The standard InChI is InChI=1S/C22H28N6O3.C17H20N6O.CH3Cl/c1-15-19(29)28(13-17-9-6-5-8-16(17)12-23)20(26-25-15)27-11-7-10-18(14-27)24-21(30)31-22(2,3)4;1-12-16(24)23(10-14-6-3-2-5-13(14)9-18)17(21-20-12)22-8-4-7-15(19)11-22;1-2/h5-6,8-9,18H,7,10-11,13-14H2,1-4H3,(H,24,30);2-3,5-6,15H,4,7-8,10-11,19H2,1H3;1H3/t18-;15-;/m11./s1. The van der Waals surface area contributed by atoms with E-state index in [1.807, 2.05) is 60.9 Å². The van der Waals surface area contributed by atoms with E-state index in [2.05, 4.69) is 49.5 Å². The number of nitrogens with two attached hydrogens (primary N) is 1. The molecule has 4 heterocycles. The van der Waals surface area contributed by atoms with Crippen LogP contribution in [0.2, 0.25) is 0 Å². The second-order valence-corrected chi connectivity index (χ2v) is 14.8. The van der Waals surface area contributed by atoms with Crippen molar-refractivity contribution in [3.63, 3.8) is 0 Å². The third-order valence-electron chi connectivity index (χ3n) is 9.27. The molecule has 16 nitrogen and oxygen atoms in total. The number of ether oxygens (including phenoxy) is 1. The van der Waals surface area contributed by atoms with Crippen LogP contribution in [0.4, 0.5) is 16.7 Å². The van der Waals surface area contributed by atoms with Crippen LogP contribution in [0.1, 0.15) is 80.1 Å². The Hall–Kier alpha value is -5.84. The number of carbonyl (C=O) groups excluding carboxylic acids is 1. The van der Waals surface area contributed by atoms with Gasteiger partial charge in [-0.25, -0.2) is 4.79 Å². The lowest BCUT2D eigenvalue weighted by Gasteiger charge is -2.34. The van der Waals surface area contributed by atoms with Crippen LogP contribution in [-0.4, -0.2) is 85.9 Å². The molecule has 2 aromatic heterocycles. The summed E-state index contributed by atoms with van der Waals surface area (Å²) in [7, 11) is 0. The first-order valence-electron chi connectivity index (χ1n) is 18.7. The molecule has 4 aromatic rings. The van der Waals surface area contributed by atoms with Crippen LogP contribution in [0.25, 0.3) is 0 Å². The predicted octanol–water partition coefficient (Wildman–Crippen LogP) is 4.01. The molecule has 0 bridgehead atoms. The van der Waals surface area contributed by atoms with Crippen LogP contribution in [0.5, 0.6) is 0 Å². The van der Waals surface area contributed by atoms with E-state index in [4.69, 9.17) is 10.5 Å². The molecule has 3 N–H and O–H groups in total. The SMILES string of the molecule is CCl.Cc1nnc(N2CCC[C@@H](N)C2)n(Cc2ccccc2C#N)c1=O.Cc1nnc(N2CCC[C@@H](NC(=O)OC(C)(C)C)C2)n(Cc2ccccc2C#N)c1=O. The zero-order valence-corrected chi connectivity index (χ0v) is 34.2. The average Bonchev–Trinajstić information content (AvgIpc) is 3.19. The summed E-state index contributed by atoms with van der Waals surface area (Å²) in [6.45, 7) is 11.8. The molecule has 0 aliphatic carbocycles. The summed E-state index contributed by atoms with van der Waals surface area (Å²) in [6.07, 6.45) is 4.56. The molecule has 0 unspecified atom stereocenters. The van der Waals surface area contributed by atoms with Crippen molar-refractivity contribution in [2.24, 2.45) is 5.73 Å². The number of hydrogen-bond donors (Lipinski definition) is 2. The molecule has 57 heavy (non-hydrogen) atoms. The molecule has 2 atom stereocenters. The normalized spacial score (nSPS) is 16.5. The molecular weight excluding hydrogens is 748 g/mol. The maximum atomic E-state index is 12.9. The number of hydrogen-bond acceptors (Lipinski definition) is 13. The number of rotatable bonds is 7. The topological polar surface area (TPSA) is 214 Å². The van der Waals surface area contributed by atoms with Gasteiger partial charge in [-0.3, -0.25) is 18.7 Å². The first-order valence-corrected chi connectivity index (χ1v) is 19.5. The van der Waals surface area contributed by atoms with Crippen molar-refractivity contribution in [2.45, 2.75) is 91.1 Å². The van der Waals surface area contributed by atoms with E-state index in [9.17, 15) is 24.9 Å². The fourth-order valence-corrected chi connectivity index (χ4v) is 6.58. The smallest absolute Gasteiger partial charge is 0.407 e. The highest BCUT2D eigenvalue weighted by Crippen LogP contribution is 2.21. The molecule has 2 fully saturated rings. The van der Waals surface area contributed by atoms with Crippen LogP contribution in [0, 0.1) is 36.5 Å². The van der Waals surface area contributed by atoms with Crippen molar-refractivity contribution in [3.8, 4) is 12.1 Å². The summed E-state index contributed by atoms with van der Waals surface area (Å²) in [5.74, 6) is 0.951. The highest BCUT2D eigenvalue weighted by atomic mass is 35.5. The first-order chi connectivity index (χ1) is 27.3. The summed E-state index contributed by atoms with van der Waals surface area (Å²) >= 11 is 4.64. The Morgan fingerprint density at radius 2 is 1.26 bits per heavy atom. The zero-order valence-electron chi connectivity index (χ0n) is 33.4. The van der Waals surface area contributed by atoms with E-state index >= 15 is 0 Å². The number of aromatic nitrogens is 6. The van der Waals surface area contributed by atoms with Crippen LogP contribution >= 0.6 is 11.6 Å². The van der Waals surface area contributed by atoms with Gasteiger partial charge in [0, 0.05) is 44.6 Å². The molecule has 0 radical (unpaired) electrons. The van der Waals surface area contributed by atoms with Gasteiger partial charge in [0.2, 0.25) is 11.9 Å². The Balaban J connectivity index is 0.000000249. The number of carbonyl (C=O) groups is 1. The summed E-state index contributed by atoms with van der Waals surface area (Å²) in [6, 6.07) is 18.7. The molecule has 2 aliphatic rings. The number of benzene rings is 2. The number of anilines is 2. The minimum atomic E-state index is -0.574. The fourth-order valence-electron chi connectivity index (χ4n) is 6.58. The lowest BCUT2D eigenvalue weighted by Crippen LogP contribution is -2.50. The van der Waals surface area contributed by atoms with Crippen molar-refractivity contribution in [1.82, 2.24) is 34.8 Å². The van der Waals surface area contributed by atoms with E-state index in [1.165, 1.54) is 6.38 Å². The van der Waals surface area contributed by atoms with Crippen molar-refractivity contribution in [2.75, 3.05) is 42.4 Å². The van der Waals surface area contributed by atoms with Gasteiger partial charge in [0.15, 0.2) is 0 Å². The van der Waals surface area contributed by atoms with Crippen LogP contribution in [0.3, 0.4) is 0 Å². The Morgan fingerprint density at radius 1 is 0.807 bits per heavy atom. The lowest BCUT2D eigenvalue weighted by molar-refractivity contribution is 0.0499. The van der Waals surface area contributed by atoms with Crippen molar-refractivity contribution in [3.05, 3.63) is 103 Å².